The molecule has 0 saturated carbocycles. The molecule has 0 saturated heterocycles. The highest BCUT2D eigenvalue weighted by Crippen LogP contribution is 2.17. The molecule has 14 heavy (non-hydrogen) atoms. The van der Waals surface area contributed by atoms with E-state index in [-0.39, 0.29) is 5.69 Å². The summed E-state index contributed by atoms with van der Waals surface area (Å²) in [7, 11) is 0. The average Bonchev–Trinajstić information content (AvgIpc) is 2.70. The Kier molecular flexibility index (Phi) is 2.11. The van der Waals surface area contributed by atoms with E-state index < -0.39 is 5.97 Å². The number of nitrogens with zero attached hydrogens (tertiary/aromatic N) is 3. The van der Waals surface area contributed by atoms with Gasteiger partial charge >= 0.3 is 5.97 Å². The van der Waals surface area contributed by atoms with Crippen molar-refractivity contribution in [2.24, 2.45) is 5.10 Å². The molecule has 0 bridgehead atoms. The van der Waals surface area contributed by atoms with Crippen molar-refractivity contribution in [3.05, 3.63) is 24.0 Å². The molecule has 1 aromatic rings. The summed E-state index contributed by atoms with van der Waals surface area (Å²) in [6, 6.07) is 3.31. The summed E-state index contributed by atoms with van der Waals surface area (Å²) in [5.41, 5.74) is 3.30. The number of hydrazine groups is 1. The molecule has 0 aliphatic carbocycles. The number of hydrogen-bond acceptors (Lipinski definition) is 5. The number of hydrogen-bond donors (Lipinski definition) is 2. The van der Waals surface area contributed by atoms with Gasteiger partial charge in [-0.05, 0) is 12.1 Å². The molecule has 2 rings (SSSR count). The topological polar surface area (TPSA) is 77.8 Å². The van der Waals surface area contributed by atoms with Crippen LogP contribution in [-0.4, -0.2) is 28.8 Å². The lowest BCUT2D eigenvalue weighted by molar-refractivity contribution is 0.0691. The van der Waals surface area contributed by atoms with Crippen LogP contribution < -0.4 is 10.5 Å². The van der Waals surface area contributed by atoms with E-state index in [1.54, 1.807) is 18.3 Å². The van der Waals surface area contributed by atoms with E-state index in [1.165, 1.54) is 11.3 Å². The third-order valence-corrected chi connectivity index (χ3v) is 1.75. The van der Waals surface area contributed by atoms with Crippen molar-refractivity contribution in [2.45, 2.75) is 0 Å². The number of anilines is 1. The molecule has 6 heteroatoms. The molecule has 0 radical (unpaired) electrons. The van der Waals surface area contributed by atoms with Crippen molar-refractivity contribution in [1.82, 2.24) is 10.4 Å². The Hall–Kier alpha value is -1.95. The zero-order valence-electron chi connectivity index (χ0n) is 7.21. The lowest BCUT2D eigenvalue weighted by Gasteiger charge is -2.14. The first kappa shape index (κ1) is 8.64. The molecule has 1 aliphatic rings. The van der Waals surface area contributed by atoms with Gasteiger partial charge in [0.25, 0.3) is 0 Å². The number of carboxylic acids is 1. The molecule has 0 spiro atoms. The predicted octanol–water partition coefficient (Wildman–Crippen LogP) is 0.0902. The summed E-state index contributed by atoms with van der Waals surface area (Å²) >= 11 is 0. The van der Waals surface area contributed by atoms with Crippen molar-refractivity contribution in [2.75, 3.05) is 11.7 Å². The summed E-state index contributed by atoms with van der Waals surface area (Å²) in [6.45, 7) is 0.591. The predicted molar refractivity (Wildman–Crippen MR) is 50.2 cm³/mol. The molecule has 0 amide bonds. The van der Waals surface area contributed by atoms with Crippen LogP contribution in [0.1, 0.15) is 10.5 Å². The number of nitrogens with one attached hydrogen (secondary N) is 1. The fraction of sp³-hybridized carbons (Fsp3) is 0.125. The van der Waals surface area contributed by atoms with Gasteiger partial charge in [-0.3, -0.25) is 0 Å². The molecule has 0 atom stereocenters. The molecule has 0 unspecified atom stereocenters. The monoisotopic (exact) mass is 192 g/mol. The fourth-order valence-corrected chi connectivity index (χ4v) is 1.17. The zero-order valence-corrected chi connectivity index (χ0v) is 7.21. The second kappa shape index (κ2) is 3.43. The van der Waals surface area contributed by atoms with Gasteiger partial charge in [-0.2, -0.15) is 10.2 Å². The van der Waals surface area contributed by atoms with Crippen LogP contribution in [0.25, 0.3) is 0 Å². The Morgan fingerprint density at radius 2 is 2.50 bits per heavy atom. The molecule has 0 fully saturated rings. The number of rotatable bonds is 2. The van der Waals surface area contributed by atoms with Crippen LogP contribution in [0.4, 0.5) is 5.69 Å². The van der Waals surface area contributed by atoms with E-state index in [9.17, 15) is 4.79 Å². The second-order valence-electron chi connectivity index (χ2n) is 2.65. The van der Waals surface area contributed by atoms with E-state index in [4.69, 9.17) is 5.11 Å². The molecule has 2 N–H and O–H groups in total. The molecule has 72 valence electrons. The van der Waals surface area contributed by atoms with E-state index in [2.05, 4.69) is 15.5 Å². The quantitative estimate of drug-likeness (QED) is 0.694. The minimum atomic E-state index is -1.07. The molecular weight excluding hydrogens is 184 g/mol. The third kappa shape index (κ3) is 1.42. The average molecular weight is 192 g/mol. The van der Waals surface area contributed by atoms with Gasteiger partial charge < -0.3 is 5.11 Å². The molecule has 1 aliphatic heterocycles. The first-order valence-electron chi connectivity index (χ1n) is 4.03. The number of carbonyl (C=O) groups is 1. The SMILES string of the molecule is O=C(O)c1ncccc1N1N=CCN1. The van der Waals surface area contributed by atoms with Crippen LogP contribution in [0.3, 0.4) is 0 Å². The van der Waals surface area contributed by atoms with Crippen molar-refractivity contribution in [3.63, 3.8) is 0 Å². The van der Waals surface area contributed by atoms with Crippen LogP contribution >= 0.6 is 0 Å². The highest BCUT2D eigenvalue weighted by molar-refractivity contribution is 5.92. The number of pyridine rings is 1. The van der Waals surface area contributed by atoms with Crippen LogP contribution in [0.5, 0.6) is 0 Å². The summed E-state index contributed by atoms with van der Waals surface area (Å²) in [5.74, 6) is -1.07. The number of carboxylic acid groups (broad SMARTS) is 1. The smallest absolute Gasteiger partial charge is 0.356 e. The van der Waals surface area contributed by atoms with E-state index in [0.29, 0.717) is 12.2 Å². The van der Waals surface area contributed by atoms with Gasteiger partial charge in [0.15, 0.2) is 5.69 Å². The fourth-order valence-electron chi connectivity index (χ4n) is 1.17. The largest absolute Gasteiger partial charge is 0.476 e. The van der Waals surface area contributed by atoms with E-state index in [0.717, 1.165) is 0 Å². The van der Waals surface area contributed by atoms with Crippen molar-refractivity contribution in [3.8, 4) is 0 Å². The van der Waals surface area contributed by atoms with Gasteiger partial charge in [0.1, 0.15) is 5.69 Å². The number of hydrazone groups is 1. The first-order valence-corrected chi connectivity index (χ1v) is 4.03. The third-order valence-electron chi connectivity index (χ3n) is 1.75. The van der Waals surface area contributed by atoms with Crippen molar-refractivity contribution in [1.29, 1.82) is 0 Å². The molecule has 6 nitrogen and oxygen atoms in total. The normalized spacial score (nSPS) is 14.7. The zero-order chi connectivity index (χ0) is 9.97. The minimum Gasteiger partial charge on any atom is -0.476 e. The number of aromatic carboxylic acids is 1. The molecule has 2 heterocycles. The van der Waals surface area contributed by atoms with Gasteiger partial charge in [0.05, 0.1) is 6.54 Å². The van der Waals surface area contributed by atoms with Crippen LogP contribution in [0.15, 0.2) is 23.4 Å². The van der Waals surface area contributed by atoms with E-state index in [1.807, 2.05) is 0 Å². The Morgan fingerprint density at radius 3 is 3.14 bits per heavy atom. The summed E-state index contributed by atoms with van der Waals surface area (Å²) < 4.78 is 0. The maximum absolute atomic E-state index is 10.8. The standard InChI is InChI=1S/C8H8N4O2/c13-8(14)7-6(2-1-3-9-7)12-10-4-5-11-12/h1-4,11H,5H2,(H,13,14). The summed E-state index contributed by atoms with van der Waals surface area (Å²) in [6.07, 6.45) is 3.09. The van der Waals surface area contributed by atoms with Gasteiger partial charge in [-0.1, -0.05) is 0 Å². The molecule has 1 aromatic heterocycles. The Labute approximate surface area is 79.8 Å². The molecular formula is C8H8N4O2. The maximum atomic E-state index is 10.8. The summed E-state index contributed by atoms with van der Waals surface area (Å²) in [5, 5.41) is 14.2. The lowest BCUT2D eigenvalue weighted by atomic mass is 10.3. The van der Waals surface area contributed by atoms with Crippen LogP contribution in [0.2, 0.25) is 0 Å². The lowest BCUT2D eigenvalue weighted by Crippen LogP contribution is -2.30. The second-order valence-corrected chi connectivity index (χ2v) is 2.65. The van der Waals surface area contributed by atoms with Crippen LogP contribution in [-0.2, 0) is 0 Å². The Balaban J connectivity index is 2.40. The number of aromatic nitrogens is 1. The highest BCUT2D eigenvalue weighted by atomic mass is 16.4. The van der Waals surface area contributed by atoms with Gasteiger partial charge in [0, 0.05) is 12.4 Å². The van der Waals surface area contributed by atoms with Crippen molar-refractivity contribution < 1.29 is 9.90 Å². The molecule has 0 aromatic carbocycles. The Morgan fingerprint density at radius 1 is 1.64 bits per heavy atom. The first-order chi connectivity index (χ1) is 6.79. The summed E-state index contributed by atoms with van der Waals surface area (Å²) in [4.78, 5) is 14.6. The maximum Gasteiger partial charge on any atom is 0.356 e. The Bertz CT molecular complexity index is 391. The van der Waals surface area contributed by atoms with Gasteiger partial charge in [-0.25, -0.2) is 15.2 Å². The van der Waals surface area contributed by atoms with Gasteiger partial charge in [0.2, 0.25) is 0 Å². The van der Waals surface area contributed by atoms with Crippen molar-refractivity contribution >= 4 is 17.9 Å². The van der Waals surface area contributed by atoms with Gasteiger partial charge in [-0.15, -0.1) is 0 Å². The van der Waals surface area contributed by atoms with E-state index >= 15 is 0 Å². The minimum absolute atomic E-state index is 0.0148. The van der Waals surface area contributed by atoms with Crippen LogP contribution in [0, 0.1) is 0 Å². The highest BCUT2D eigenvalue weighted by Gasteiger charge is 2.17.